The number of carbonyl (C=O) groups is 2. The van der Waals surface area contributed by atoms with Gasteiger partial charge in [-0.3, -0.25) is 9.59 Å². The van der Waals surface area contributed by atoms with E-state index in [1.165, 1.54) is 0 Å². The average Bonchev–Trinajstić information content (AvgIpc) is 2.85. The molecule has 0 radical (unpaired) electrons. The van der Waals surface area contributed by atoms with Crippen molar-refractivity contribution >= 4 is 44.7 Å². The molecule has 0 aliphatic rings. The molecular weight excluding hydrogens is 420 g/mol. The maximum atomic E-state index is 12.7. The fourth-order valence-electron chi connectivity index (χ4n) is 4.32. The second kappa shape index (κ2) is 9.59. The van der Waals surface area contributed by atoms with Crippen LogP contribution >= 0.6 is 0 Å². The minimum absolute atomic E-state index is 0.101. The van der Waals surface area contributed by atoms with Crippen molar-refractivity contribution in [1.82, 2.24) is 0 Å². The Balaban J connectivity index is 1.25. The molecule has 4 nitrogen and oxygen atoms in total. The second-order valence-corrected chi connectivity index (χ2v) is 8.31. The number of amides is 2. The molecule has 5 aromatic carbocycles. The van der Waals surface area contributed by atoms with Crippen LogP contribution in [0.2, 0.25) is 0 Å². The second-order valence-electron chi connectivity index (χ2n) is 8.31. The smallest absolute Gasteiger partial charge is 0.228 e. The normalized spacial score (nSPS) is 10.8. The molecule has 0 aromatic heterocycles. The molecule has 0 fully saturated rings. The molecule has 0 heterocycles. The standard InChI is InChI=1S/C30H24N2O2/c33-29(18-23-12-5-10-21-8-1-3-16-27(21)23)31-25-14-7-15-26(20-25)32-30(34)19-24-13-6-11-22-9-2-4-17-28(22)24/h1-17,20H,18-19H2,(H,31,33)(H,32,34). The number of benzene rings is 5. The number of fused-ring (bicyclic) bond motifs is 2. The summed E-state index contributed by atoms with van der Waals surface area (Å²) >= 11 is 0. The molecule has 0 bridgehead atoms. The third-order valence-corrected chi connectivity index (χ3v) is 5.89. The summed E-state index contributed by atoms with van der Waals surface area (Å²) in [5.41, 5.74) is 3.26. The topological polar surface area (TPSA) is 58.2 Å². The number of rotatable bonds is 6. The van der Waals surface area contributed by atoms with E-state index in [9.17, 15) is 9.59 Å². The highest BCUT2D eigenvalue weighted by atomic mass is 16.2. The molecule has 0 saturated heterocycles. The third kappa shape index (κ3) is 4.81. The van der Waals surface area contributed by atoms with E-state index in [-0.39, 0.29) is 24.7 Å². The van der Waals surface area contributed by atoms with Gasteiger partial charge in [-0.05, 0) is 50.9 Å². The Hall–Kier alpha value is -4.44. The zero-order chi connectivity index (χ0) is 23.3. The average molecular weight is 445 g/mol. The predicted molar refractivity (Wildman–Crippen MR) is 139 cm³/mol. The van der Waals surface area contributed by atoms with Crippen LogP contribution < -0.4 is 10.6 Å². The van der Waals surface area contributed by atoms with Gasteiger partial charge in [0.1, 0.15) is 0 Å². The van der Waals surface area contributed by atoms with Gasteiger partial charge in [-0.15, -0.1) is 0 Å². The molecule has 2 amide bonds. The highest BCUT2D eigenvalue weighted by Crippen LogP contribution is 2.22. The van der Waals surface area contributed by atoms with Crippen molar-refractivity contribution in [3.8, 4) is 0 Å². The van der Waals surface area contributed by atoms with Crippen molar-refractivity contribution in [2.45, 2.75) is 12.8 Å². The molecule has 166 valence electrons. The van der Waals surface area contributed by atoms with Crippen LogP contribution in [0.3, 0.4) is 0 Å². The van der Waals surface area contributed by atoms with E-state index < -0.39 is 0 Å². The Morgan fingerprint density at radius 2 is 0.912 bits per heavy atom. The summed E-state index contributed by atoms with van der Waals surface area (Å²) in [6.45, 7) is 0. The van der Waals surface area contributed by atoms with Gasteiger partial charge in [0.15, 0.2) is 0 Å². The van der Waals surface area contributed by atoms with Crippen LogP contribution in [0.4, 0.5) is 11.4 Å². The van der Waals surface area contributed by atoms with Crippen LogP contribution in [0.25, 0.3) is 21.5 Å². The van der Waals surface area contributed by atoms with E-state index in [1.54, 1.807) is 6.07 Å². The van der Waals surface area contributed by atoms with E-state index in [0.29, 0.717) is 11.4 Å². The first kappa shape index (κ1) is 21.4. The first-order chi connectivity index (χ1) is 16.7. The predicted octanol–water partition coefficient (Wildman–Crippen LogP) is 6.36. The van der Waals surface area contributed by atoms with E-state index >= 15 is 0 Å². The molecule has 0 unspecified atom stereocenters. The zero-order valence-electron chi connectivity index (χ0n) is 18.6. The van der Waals surface area contributed by atoms with Gasteiger partial charge in [-0.25, -0.2) is 0 Å². The van der Waals surface area contributed by atoms with Crippen LogP contribution in [0, 0.1) is 0 Å². The monoisotopic (exact) mass is 444 g/mol. The summed E-state index contributed by atoms with van der Waals surface area (Å²) in [5, 5.41) is 10.3. The fourth-order valence-corrected chi connectivity index (χ4v) is 4.32. The molecule has 5 rings (SSSR count). The fraction of sp³-hybridized carbons (Fsp3) is 0.0667. The summed E-state index contributed by atoms with van der Waals surface area (Å²) in [4.78, 5) is 25.5. The molecule has 34 heavy (non-hydrogen) atoms. The lowest BCUT2D eigenvalue weighted by molar-refractivity contribution is -0.116. The summed E-state index contributed by atoms with van der Waals surface area (Å²) in [6, 6.07) is 35.3. The summed E-state index contributed by atoms with van der Waals surface area (Å²) in [7, 11) is 0. The van der Waals surface area contributed by atoms with Crippen molar-refractivity contribution in [3.05, 3.63) is 120 Å². The van der Waals surface area contributed by atoms with Crippen LogP contribution in [0.5, 0.6) is 0 Å². The van der Waals surface area contributed by atoms with Gasteiger partial charge < -0.3 is 10.6 Å². The number of nitrogens with one attached hydrogen (secondary N) is 2. The minimum atomic E-state index is -0.101. The Labute approximate surface area is 198 Å². The molecule has 0 aliphatic carbocycles. The highest BCUT2D eigenvalue weighted by Gasteiger charge is 2.10. The Kier molecular flexibility index (Phi) is 6.04. The van der Waals surface area contributed by atoms with Crippen molar-refractivity contribution in [3.63, 3.8) is 0 Å². The molecule has 4 heteroatoms. The van der Waals surface area contributed by atoms with Gasteiger partial charge in [-0.1, -0.05) is 91.0 Å². The number of hydrogen-bond donors (Lipinski definition) is 2. The number of anilines is 2. The number of hydrogen-bond acceptors (Lipinski definition) is 2. The van der Waals surface area contributed by atoms with Crippen LogP contribution in [0.1, 0.15) is 11.1 Å². The highest BCUT2D eigenvalue weighted by molar-refractivity contribution is 5.98. The quantitative estimate of drug-likeness (QED) is 0.320. The lowest BCUT2D eigenvalue weighted by atomic mass is 10.0. The molecule has 0 saturated carbocycles. The van der Waals surface area contributed by atoms with Crippen molar-refractivity contribution in [1.29, 1.82) is 0 Å². The molecular formula is C30H24N2O2. The Bertz CT molecular complexity index is 1390. The summed E-state index contributed by atoms with van der Waals surface area (Å²) in [6.07, 6.45) is 0.554. The van der Waals surface area contributed by atoms with Crippen LogP contribution in [-0.2, 0) is 22.4 Å². The van der Waals surface area contributed by atoms with Gasteiger partial charge in [0.25, 0.3) is 0 Å². The molecule has 2 N–H and O–H groups in total. The van der Waals surface area contributed by atoms with Crippen molar-refractivity contribution < 1.29 is 9.59 Å². The first-order valence-corrected chi connectivity index (χ1v) is 11.3. The lowest BCUT2D eigenvalue weighted by Crippen LogP contribution is -2.16. The molecule has 5 aromatic rings. The molecule has 0 atom stereocenters. The zero-order valence-corrected chi connectivity index (χ0v) is 18.6. The van der Waals surface area contributed by atoms with Gasteiger partial charge in [0.05, 0.1) is 12.8 Å². The van der Waals surface area contributed by atoms with Crippen molar-refractivity contribution in [2.75, 3.05) is 10.6 Å². The maximum Gasteiger partial charge on any atom is 0.228 e. The van der Waals surface area contributed by atoms with Crippen LogP contribution in [0.15, 0.2) is 109 Å². The van der Waals surface area contributed by atoms with E-state index in [4.69, 9.17) is 0 Å². The summed E-state index contributed by atoms with van der Waals surface area (Å²) < 4.78 is 0. The maximum absolute atomic E-state index is 12.7. The Morgan fingerprint density at radius 3 is 1.41 bits per heavy atom. The van der Waals surface area contributed by atoms with Gasteiger partial charge in [0, 0.05) is 11.4 Å². The van der Waals surface area contributed by atoms with Crippen molar-refractivity contribution in [2.24, 2.45) is 0 Å². The molecule has 0 aliphatic heterocycles. The van der Waals surface area contributed by atoms with E-state index in [1.807, 2.05) is 103 Å². The van der Waals surface area contributed by atoms with Gasteiger partial charge in [0.2, 0.25) is 11.8 Å². The summed E-state index contributed by atoms with van der Waals surface area (Å²) in [5.74, 6) is -0.203. The third-order valence-electron chi connectivity index (χ3n) is 5.89. The largest absolute Gasteiger partial charge is 0.326 e. The SMILES string of the molecule is O=C(Cc1cccc2ccccc12)Nc1cccc(NC(=O)Cc2cccc3ccccc23)c1. The van der Waals surface area contributed by atoms with Gasteiger partial charge >= 0.3 is 0 Å². The minimum Gasteiger partial charge on any atom is -0.326 e. The van der Waals surface area contributed by atoms with E-state index in [0.717, 1.165) is 32.7 Å². The Morgan fingerprint density at radius 1 is 0.500 bits per heavy atom. The first-order valence-electron chi connectivity index (χ1n) is 11.3. The van der Waals surface area contributed by atoms with Gasteiger partial charge in [-0.2, -0.15) is 0 Å². The van der Waals surface area contributed by atoms with E-state index in [2.05, 4.69) is 10.6 Å². The number of carbonyl (C=O) groups excluding carboxylic acids is 2. The lowest BCUT2D eigenvalue weighted by Gasteiger charge is -2.11. The van der Waals surface area contributed by atoms with Crippen LogP contribution in [-0.4, -0.2) is 11.8 Å². The molecule has 0 spiro atoms.